The smallest absolute Gasteiger partial charge is 0.308 e. The fraction of sp³-hybridized carbons (Fsp3) is 0.364. The van der Waals surface area contributed by atoms with Crippen LogP contribution >= 0.6 is 0 Å². The Kier molecular flexibility index (Phi) is 2.78. The Bertz CT molecular complexity index is 556. The van der Waals surface area contributed by atoms with Gasteiger partial charge >= 0.3 is 5.69 Å². The monoisotopic (exact) mass is 223 g/mol. The number of nitrogens with one attached hydrogen (secondary N) is 1. The summed E-state index contributed by atoms with van der Waals surface area (Å²) in [6, 6.07) is 4.69. The van der Waals surface area contributed by atoms with Gasteiger partial charge in [0.1, 0.15) is 11.3 Å². The van der Waals surface area contributed by atoms with Crippen molar-refractivity contribution in [2.24, 2.45) is 0 Å². The molecular formula is C11H14FN3O. The standard InChI is InChI=1S/C11H14FN3O/c1-14(2)6-7-15-9-5-3-4-8(12)10(9)13-11(15)16/h3-5H,6-7H2,1-2H3,(H,13,16). The van der Waals surface area contributed by atoms with Crippen molar-refractivity contribution < 1.29 is 4.39 Å². The van der Waals surface area contributed by atoms with E-state index in [1.54, 1.807) is 16.7 Å². The number of H-pyrrole nitrogens is 1. The summed E-state index contributed by atoms with van der Waals surface area (Å²) in [5, 5.41) is 0. The van der Waals surface area contributed by atoms with Gasteiger partial charge in [0, 0.05) is 13.1 Å². The van der Waals surface area contributed by atoms with Crippen LogP contribution in [0.2, 0.25) is 0 Å². The number of benzene rings is 1. The van der Waals surface area contributed by atoms with Crippen LogP contribution in [-0.2, 0) is 6.54 Å². The molecule has 0 radical (unpaired) electrons. The molecule has 0 unspecified atom stereocenters. The molecule has 0 atom stereocenters. The molecule has 1 aromatic carbocycles. The minimum atomic E-state index is -0.391. The SMILES string of the molecule is CN(C)CCn1c(=O)[nH]c2c(F)cccc21. The maximum absolute atomic E-state index is 13.4. The molecule has 0 aliphatic heterocycles. The van der Waals surface area contributed by atoms with Crippen LogP contribution in [0.15, 0.2) is 23.0 Å². The summed E-state index contributed by atoms with van der Waals surface area (Å²) in [5.74, 6) is -0.391. The molecule has 1 N–H and O–H groups in total. The average Bonchev–Trinajstić information content (AvgIpc) is 2.53. The number of nitrogens with zero attached hydrogens (tertiary/aromatic N) is 2. The summed E-state index contributed by atoms with van der Waals surface area (Å²) in [6.07, 6.45) is 0. The number of hydrogen-bond donors (Lipinski definition) is 1. The highest BCUT2D eigenvalue weighted by Crippen LogP contribution is 2.13. The normalized spacial score (nSPS) is 11.5. The lowest BCUT2D eigenvalue weighted by atomic mass is 10.3. The molecule has 5 heteroatoms. The molecule has 86 valence electrons. The third kappa shape index (κ3) is 1.86. The largest absolute Gasteiger partial charge is 0.326 e. The van der Waals surface area contributed by atoms with Crippen molar-refractivity contribution >= 4 is 11.0 Å². The van der Waals surface area contributed by atoms with Crippen molar-refractivity contribution in [1.82, 2.24) is 14.5 Å². The summed E-state index contributed by atoms with van der Waals surface area (Å²) in [5.41, 5.74) is 0.639. The number of likely N-dealkylation sites (N-methyl/N-ethyl adjacent to an activating group) is 1. The van der Waals surface area contributed by atoms with Crippen molar-refractivity contribution in [3.63, 3.8) is 0 Å². The molecule has 1 aromatic heterocycles. The van der Waals surface area contributed by atoms with Crippen LogP contribution in [0, 0.1) is 5.82 Å². The Morgan fingerprint density at radius 2 is 2.19 bits per heavy atom. The highest BCUT2D eigenvalue weighted by atomic mass is 19.1. The van der Waals surface area contributed by atoms with Gasteiger partial charge in [0.05, 0.1) is 5.52 Å². The molecule has 0 aliphatic carbocycles. The van der Waals surface area contributed by atoms with Gasteiger partial charge in [0.2, 0.25) is 0 Å². The minimum absolute atomic E-state index is 0.262. The molecule has 0 amide bonds. The number of aromatic amines is 1. The molecule has 2 rings (SSSR count). The van der Waals surface area contributed by atoms with Gasteiger partial charge in [0.15, 0.2) is 0 Å². The number of para-hydroxylation sites is 1. The summed E-state index contributed by atoms with van der Waals surface area (Å²) in [7, 11) is 3.86. The number of aromatic nitrogens is 2. The number of halogens is 1. The van der Waals surface area contributed by atoms with Crippen LogP contribution in [0.25, 0.3) is 11.0 Å². The summed E-state index contributed by atoms with van der Waals surface area (Å²) in [6.45, 7) is 1.29. The lowest BCUT2D eigenvalue weighted by molar-refractivity contribution is 0.384. The second-order valence-electron chi connectivity index (χ2n) is 4.02. The quantitative estimate of drug-likeness (QED) is 0.844. The van der Waals surface area contributed by atoms with Crippen molar-refractivity contribution in [1.29, 1.82) is 0 Å². The van der Waals surface area contributed by atoms with Crippen molar-refractivity contribution in [3.8, 4) is 0 Å². The topological polar surface area (TPSA) is 41.0 Å². The maximum atomic E-state index is 13.4. The molecule has 1 heterocycles. The number of rotatable bonds is 3. The van der Waals surface area contributed by atoms with Gasteiger partial charge in [-0.1, -0.05) is 6.07 Å². The molecule has 4 nitrogen and oxygen atoms in total. The van der Waals surface area contributed by atoms with Crippen LogP contribution in [0.4, 0.5) is 4.39 Å². The summed E-state index contributed by atoms with van der Waals surface area (Å²) in [4.78, 5) is 16.1. The van der Waals surface area contributed by atoms with E-state index < -0.39 is 5.82 Å². The highest BCUT2D eigenvalue weighted by Gasteiger charge is 2.09. The first kappa shape index (κ1) is 10.9. The fourth-order valence-electron chi connectivity index (χ4n) is 1.67. The van der Waals surface area contributed by atoms with Gasteiger partial charge in [-0.15, -0.1) is 0 Å². The zero-order valence-corrected chi connectivity index (χ0v) is 9.33. The molecule has 0 saturated heterocycles. The predicted molar refractivity (Wildman–Crippen MR) is 61.1 cm³/mol. The van der Waals surface area contributed by atoms with Crippen molar-refractivity contribution in [2.45, 2.75) is 6.54 Å². The van der Waals surface area contributed by atoms with Gasteiger partial charge in [0.25, 0.3) is 0 Å². The summed E-state index contributed by atoms with van der Waals surface area (Å²) < 4.78 is 14.9. The zero-order valence-electron chi connectivity index (χ0n) is 9.33. The van der Waals surface area contributed by atoms with E-state index in [9.17, 15) is 9.18 Å². The van der Waals surface area contributed by atoms with Crippen LogP contribution < -0.4 is 5.69 Å². The number of fused-ring (bicyclic) bond motifs is 1. The predicted octanol–water partition coefficient (Wildman–Crippen LogP) is 1.03. The average molecular weight is 223 g/mol. The van der Waals surface area contributed by atoms with E-state index in [2.05, 4.69) is 4.98 Å². The first-order chi connectivity index (χ1) is 7.59. The van der Waals surface area contributed by atoms with Gasteiger partial charge < -0.3 is 9.88 Å². The van der Waals surface area contributed by atoms with Crippen molar-refractivity contribution in [2.75, 3.05) is 20.6 Å². The number of hydrogen-bond acceptors (Lipinski definition) is 2. The maximum Gasteiger partial charge on any atom is 0.326 e. The third-order valence-electron chi connectivity index (χ3n) is 2.53. The van der Waals surface area contributed by atoms with Gasteiger partial charge in [-0.25, -0.2) is 9.18 Å². The molecule has 16 heavy (non-hydrogen) atoms. The van der Waals surface area contributed by atoms with E-state index in [1.807, 2.05) is 19.0 Å². The van der Waals surface area contributed by atoms with Crippen LogP contribution in [0.1, 0.15) is 0 Å². The molecule has 0 spiro atoms. The first-order valence-corrected chi connectivity index (χ1v) is 5.11. The number of imidazole rings is 1. The van der Waals surface area contributed by atoms with Crippen LogP contribution in [0.5, 0.6) is 0 Å². The Balaban J connectivity index is 2.48. The highest BCUT2D eigenvalue weighted by molar-refractivity contribution is 5.75. The lowest BCUT2D eigenvalue weighted by Gasteiger charge is -2.09. The Morgan fingerprint density at radius 3 is 2.88 bits per heavy atom. The van der Waals surface area contributed by atoms with Gasteiger partial charge in [-0.2, -0.15) is 0 Å². The Morgan fingerprint density at radius 1 is 1.44 bits per heavy atom. The molecule has 0 saturated carbocycles. The fourth-order valence-corrected chi connectivity index (χ4v) is 1.67. The molecular weight excluding hydrogens is 209 g/mol. The molecule has 0 aliphatic rings. The lowest BCUT2D eigenvalue weighted by Crippen LogP contribution is -2.24. The van der Waals surface area contributed by atoms with Crippen molar-refractivity contribution in [3.05, 3.63) is 34.5 Å². The molecule has 2 aromatic rings. The zero-order chi connectivity index (χ0) is 11.7. The van der Waals surface area contributed by atoms with Crippen LogP contribution in [0.3, 0.4) is 0 Å². The second kappa shape index (κ2) is 4.09. The van der Waals surface area contributed by atoms with Gasteiger partial charge in [-0.05, 0) is 26.2 Å². The van der Waals surface area contributed by atoms with Gasteiger partial charge in [-0.3, -0.25) is 4.57 Å². The van der Waals surface area contributed by atoms with E-state index >= 15 is 0 Å². The first-order valence-electron chi connectivity index (χ1n) is 5.11. The van der Waals surface area contributed by atoms with E-state index in [-0.39, 0.29) is 11.2 Å². The van der Waals surface area contributed by atoms with E-state index in [0.717, 1.165) is 6.54 Å². The second-order valence-corrected chi connectivity index (χ2v) is 4.02. The molecule has 0 fully saturated rings. The van der Waals surface area contributed by atoms with E-state index in [0.29, 0.717) is 12.1 Å². The van der Waals surface area contributed by atoms with E-state index in [4.69, 9.17) is 0 Å². The minimum Gasteiger partial charge on any atom is -0.308 e. The van der Waals surface area contributed by atoms with E-state index in [1.165, 1.54) is 6.07 Å². The Labute approximate surface area is 92.3 Å². The third-order valence-corrected chi connectivity index (χ3v) is 2.53. The Hall–Kier alpha value is -1.62. The summed E-state index contributed by atoms with van der Waals surface area (Å²) >= 11 is 0. The van der Waals surface area contributed by atoms with Crippen LogP contribution in [-0.4, -0.2) is 35.1 Å². The molecule has 0 bridgehead atoms.